The van der Waals surface area contributed by atoms with E-state index in [2.05, 4.69) is 10.6 Å². The van der Waals surface area contributed by atoms with Crippen LogP contribution in [-0.4, -0.2) is 36.3 Å². The molecular formula is C21H24ClN3O2. The lowest BCUT2D eigenvalue weighted by molar-refractivity contribution is -0.114. The number of carbonyl (C=O) groups is 2. The highest BCUT2D eigenvalue weighted by atomic mass is 35.5. The second-order valence-corrected chi connectivity index (χ2v) is 7.14. The molecule has 0 bridgehead atoms. The largest absolute Gasteiger partial charge is 0.376 e. The fourth-order valence-corrected chi connectivity index (χ4v) is 3.36. The summed E-state index contributed by atoms with van der Waals surface area (Å²) in [6.45, 7) is 1.72. The smallest absolute Gasteiger partial charge is 0.253 e. The Morgan fingerprint density at radius 1 is 0.926 bits per heavy atom. The third kappa shape index (κ3) is 5.73. The third-order valence-corrected chi connectivity index (χ3v) is 4.80. The summed E-state index contributed by atoms with van der Waals surface area (Å²) in [6, 6.07) is 14.3. The summed E-state index contributed by atoms with van der Waals surface area (Å²) < 4.78 is 0. The summed E-state index contributed by atoms with van der Waals surface area (Å²) in [7, 11) is 0. The molecule has 2 amide bonds. The van der Waals surface area contributed by atoms with E-state index < -0.39 is 0 Å². The van der Waals surface area contributed by atoms with Gasteiger partial charge in [-0.15, -0.1) is 0 Å². The van der Waals surface area contributed by atoms with Crippen LogP contribution in [0, 0.1) is 0 Å². The Labute approximate surface area is 164 Å². The van der Waals surface area contributed by atoms with E-state index in [-0.39, 0.29) is 18.4 Å². The van der Waals surface area contributed by atoms with Crippen LogP contribution >= 0.6 is 11.6 Å². The fourth-order valence-electron chi connectivity index (χ4n) is 3.17. The van der Waals surface area contributed by atoms with Crippen molar-refractivity contribution in [3.8, 4) is 0 Å². The minimum atomic E-state index is -0.186. The highest BCUT2D eigenvalue weighted by Gasteiger charge is 2.17. The maximum atomic E-state index is 12.7. The number of nitrogens with one attached hydrogen (secondary N) is 2. The van der Waals surface area contributed by atoms with Gasteiger partial charge in [-0.1, -0.05) is 36.6 Å². The van der Waals surface area contributed by atoms with Crippen LogP contribution in [0.4, 0.5) is 11.4 Å². The molecule has 1 fully saturated rings. The molecule has 6 heteroatoms. The lowest BCUT2D eigenvalue weighted by atomic mass is 10.1. The van der Waals surface area contributed by atoms with Crippen LogP contribution in [0.3, 0.4) is 0 Å². The van der Waals surface area contributed by atoms with Crippen LogP contribution in [0.1, 0.15) is 36.0 Å². The van der Waals surface area contributed by atoms with Gasteiger partial charge in [0.2, 0.25) is 5.91 Å². The van der Waals surface area contributed by atoms with Gasteiger partial charge in [0.1, 0.15) is 0 Å². The summed E-state index contributed by atoms with van der Waals surface area (Å²) >= 11 is 5.93. The van der Waals surface area contributed by atoms with Crippen molar-refractivity contribution >= 4 is 34.8 Å². The number of carbonyl (C=O) groups excluding carboxylic acids is 2. The van der Waals surface area contributed by atoms with Gasteiger partial charge in [-0.3, -0.25) is 9.59 Å². The molecular weight excluding hydrogens is 362 g/mol. The number of nitrogens with zero attached hydrogens (tertiary/aromatic N) is 1. The molecule has 1 aliphatic rings. The molecule has 1 heterocycles. The molecule has 2 N–H and O–H groups in total. The lowest BCUT2D eigenvalue weighted by Gasteiger charge is -2.20. The topological polar surface area (TPSA) is 61.4 Å². The average molecular weight is 386 g/mol. The first-order chi connectivity index (χ1) is 13.1. The van der Waals surface area contributed by atoms with Crippen LogP contribution in [-0.2, 0) is 4.79 Å². The number of hydrogen-bond donors (Lipinski definition) is 2. The predicted octanol–water partition coefficient (Wildman–Crippen LogP) is 4.41. The first kappa shape index (κ1) is 19.2. The molecule has 0 saturated carbocycles. The van der Waals surface area contributed by atoms with Gasteiger partial charge in [0.05, 0.1) is 6.54 Å². The molecule has 0 unspecified atom stereocenters. The number of anilines is 2. The van der Waals surface area contributed by atoms with Gasteiger partial charge in [-0.05, 0) is 49.2 Å². The highest BCUT2D eigenvalue weighted by Crippen LogP contribution is 2.17. The third-order valence-electron chi connectivity index (χ3n) is 4.56. The number of rotatable bonds is 5. The van der Waals surface area contributed by atoms with Crippen LogP contribution in [0.5, 0.6) is 0 Å². The van der Waals surface area contributed by atoms with Crippen LogP contribution < -0.4 is 10.6 Å². The molecule has 2 aromatic rings. The van der Waals surface area contributed by atoms with Crippen molar-refractivity contribution in [3.05, 3.63) is 59.1 Å². The van der Waals surface area contributed by atoms with Gasteiger partial charge in [0, 0.05) is 35.1 Å². The molecule has 1 aliphatic heterocycles. The van der Waals surface area contributed by atoms with E-state index >= 15 is 0 Å². The van der Waals surface area contributed by atoms with Gasteiger partial charge in [-0.2, -0.15) is 0 Å². The molecule has 0 aromatic heterocycles. The zero-order chi connectivity index (χ0) is 19.1. The monoisotopic (exact) mass is 385 g/mol. The number of halogens is 1. The van der Waals surface area contributed by atoms with Crippen LogP contribution in [0.25, 0.3) is 0 Å². The Hall–Kier alpha value is -2.53. The molecule has 1 saturated heterocycles. The molecule has 0 atom stereocenters. The van der Waals surface area contributed by atoms with Crippen molar-refractivity contribution < 1.29 is 9.59 Å². The molecule has 0 radical (unpaired) electrons. The first-order valence-electron chi connectivity index (χ1n) is 9.30. The molecule has 5 nitrogen and oxygen atoms in total. The highest BCUT2D eigenvalue weighted by molar-refractivity contribution is 6.30. The zero-order valence-corrected chi connectivity index (χ0v) is 16.0. The SMILES string of the molecule is O=C(CNc1cccc(Cl)c1)Nc1cccc(C(=O)N2CCCCCC2)c1. The molecule has 0 spiro atoms. The lowest BCUT2D eigenvalue weighted by Crippen LogP contribution is -2.31. The Kier molecular flexibility index (Phi) is 6.71. The molecule has 3 rings (SSSR count). The summed E-state index contributed by atoms with van der Waals surface area (Å²) in [5.41, 5.74) is 2.01. The van der Waals surface area contributed by atoms with E-state index in [1.54, 1.807) is 36.4 Å². The normalized spacial score (nSPS) is 14.3. The van der Waals surface area contributed by atoms with E-state index in [4.69, 9.17) is 11.6 Å². The van der Waals surface area contributed by atoms with E-state index in [0.29, 0.717) is 16.3 Å². The number of amides is 2. The van der Waals surface area contributed by atoms with Gasteiger partial charge in [0.25, 0.3) is 5.91 Å². The first-order valence-corrected chi connectivity index (χ1v) is 9.68. The number of hydrogen-bond acceptors (Lipinski definition) is 3. The van der Waals surface area contributed by atoms with E-state index in [1.165, 1.54) is 12.8 Å². The second-order valence-electron chi connectivity index (χ2n) is 6.70. The van der Waals surface area contributed by atoms with E-state index in [9.17, 15) is 9.59 Å². The second kappa shape index (κ2) is 9.42. The van der Waals surface area contributed by atoms with Crippen LogP contribution in [0.15, 0.2) is 48.5 Å². The zero-order valence-electron chi connectivity index (χ0n) is 15.2. The summed E-state index contributed by atoms with van der Waals surface area (Å²) in [4.78, 5) is 26.8. The van der Waals surface area contributed by atoms with Gasteiger partial charge < -0.3 is 15.5 Å². The van der Waals surface area contributed by atoms with Gasteiger partial charge in [0.15, 0.2) is 0 Å². The Balaban J connectivity index is 1.58. The van der Waals surface area contributed by atoms with Crippen molar-refractivity contribution in [2.24, 2.45) is 0 Å². The van der Waals surface area contributed by atoms with E-state index in [0.717, 1.165) is 31.6 Å². The van der Waals surface area contributed by atoms with Gasteiger partial charge >= 0.3 is 0 Å². The molecule has 27 heavy (non-hydrogen) atoms. The quantitative estimate of drug-likeness (QED) is 0.801. The molecule has 0 aliphatic carbocycles. The number of benzene rings is 2. The maximum Gasteiger partial charge on any atom is 0.253 e. The van der Waals surface area contributed by atoms with Gasteiger partial charge in [-0.25, -0.2) is 0 Å². The predicted molar refractivity (Wildman–Crippen MR) is 109 cm³/mol. The minimum Gasteiger partial charge on any atom is -0.376 e. The average Bonchev–Trinajstić information content (AvgIpc) is 2.95. The van der Waals surface area contributed by atoms with Crippen molar-refractivity contribution in [1.29, 1.82) is 0 Å². The van der Waals surface area contributed by atoms with Crippen molar-refractivity contribution in [2.75, 3.05) is 30.3 Å². The van der Waals surface area contributed by atoms with Crippen molar-refractivity contribution in [1.82, 2.24) is 4.90 Å². The summed E-state index contributed by atoms with van der Waals surface area (Å²) in [5.74, 6) is -0.153. The van der Waals surface area contributed by atoms with Crippen molar-refractivity contribution in [3.63, 3.8) is 0 Å². The van der Waals surface area contributed by atoms with Crippen molar-refractivity contribution in [2.45, 2.75) is 25.7 Å². The standard InChI is InChI=1S/C21H24ClN3O2/c22-17-8-6-9-18(14-17)23-15-20(26)24-19-10-5-7-16(13-19)21(27)25-11-3-1-2-4-12-25/h5-10,13-14,23H,1-4,11-12,15H2,(H,24,26). The molecule has 142 valence electrons. The summed E-state index contributed by atoms with van der Waals surface area (Å²) in [5, 5.41) is 6.47. The maximum absolute atomic E-state index is 12.7. The fraction of sp³-hybridized carbons (Fsp3) is 0.333. The van der Waals surface area contributed by atoms with Crippen LogP contribution in [0.2, 0.25) is 5.02 Å². The van der Waals surface area contributed by atoms with E-state index in [1.807, 2.05) is 17.0 Å². The molecule has 2 aromatic carbocycles. The summed E-state index contributed by atoms with van der Waals surface area (Å²) in [6.07, 6.45) is 4.47. The Bertz CT molecular complexity index is 802. The Morgan fingerprint density at radius 2 is 1.63 bits per heavy atom. The number of likely N-dealkylation sites (tertiary alicyclic amines) is 1. The minimum absolute atomic E-state index is 0.0325. The Morgan fingerprint density at radius 3 is 2.37 bits per heavy atom.